The Morgan fingerprint density at radius 3 is 2.46 bits per heavy atom. The topological polar surface area (TPSA) is 68.6 Å². The van der Waals surface area contributed by atoms with Crippen molar-refractivity contribution in [3.05, 3.63) is 84.4 Å². The molecule has 3 aromatic rings. The third-order valence-corrected chi connectivity index (χ3v) is 4.25. The Hall–Kier alpha value is -3.21. The maximum Gasteiger partial charge on any atom is 0.130 e. The molecule has 5 heteroatoms. The SMILES string of the molecule is NC1=NN=C(c2ccc(-n3ccnc3)cc2)CC1c1ccccc1. The lowest BCUT2D eigenvalue weighted by molar-refractivity contribution is 0.883. The van der Waals surface area contributed by atoms with E-state index in [1.165, 1.54) is 5.56 Å². The molecule has 0 radical (unpaired) electrons. The molecule has 0 saturated heterocycles. The second kappa shape index (κ2) is 6.12. The molecule has 0 saturated carbocycles. The normalized spacial score (nSPS) is 17.2. The van der Waals surface area contributed by atoms with Crippen molar-refractivity contribution < 1.29 is 0 Å². The molecule has 2 heterocycles. The van der Waals surface area contributed by atoms with E-state index in [4.69, 9.17) is 5.73 Å². The van der Waals surface area contributed by atoms with Crippen molar-refractivity contribution in [3.63, 3.8) is 0 Å². The van der Waals surface area contributed by atoms with Crippen molar-refractivity contribution in [2.45, 2.75) is 12.3 Å². The standard InChI is InChI=1S/C19H17N5/c20-19-17(14-4-2-1-3-5-14)12-18(22-23-19)15-6-8-16(9-7-15)24-11-10-21-13-24/h1-11,13,17H,12H2,(H2,20,23). The van der Waals surface area contributed by atoms with Gasteiger partial charge in [-0.2, -0.15) is 5.10 Å². The second-order valence-electron chi connectivity index (χ2n) is 5.76. The molecule has 1 unspecified atom stereocenters. The lowest BCUT2D eigenvalue weighted by Gasteiger charge is -2.20. The van der Waals surface area contributed by atoms with E-state index in [2.05, 4.69) is 51.6 Å². The van der Waals surface area contributed by atoms with E-state index in [1.54, 1.807) is 12.5 Å². The summed E-state index contributed by atoms with van der Waals surface area (Å²) in [7, 11) is 0. The van der Waals surface area contributed by atoms with E-state index in [-0.39, 0.29) is 5.92 Å². The fourth-order valence-electron chi connectivity index (χ4n) is 2.91. The predicted octanol–water partition coefficient (Wildman–Crippen LogP) is 3.12. The van der Waals surface area contributed by atoms with Crippen LogP contribution in [0, 0.1) is 0 Å². The molecule has 118 valence electrons. The number of nitrogens with zero attached hydrogens (tertiary/aromatic N) is 4. The van der Waals surface area contributed by atoms with E-state index < -0.39 is 0 Å². The minimum absolute atomic E-state index is 0.0759. The van der Waals surface area contributed by atoms with Gasteiger partial charge >= 0.3 is 0 Å². The molecule has 0 spiro atoms. The Labute approximate surface area is 140 Å². The first kappa shape index (κ1) is 14.4. The molecule has 0 aliphatic carbocycles. The van der Waals surface area contributed by atoms with Gasteiger partial charge in [0.2, 0.25) is 0 Å². The summed E-state index contributed by atoms with van der Waals surface area (Å²) in [4.78, 5) is 4.07. The molecule has 0 fully saturated rings. The minimum Gasteiger partial charge on any atom is -0.385 e. The molecule has 1 aliphatic heterocycles. The summed E-state index contributed by atoms with van der Waals surface area (Å²) in [5.41, 5.74) is 10.3. The molecule has 1 atom stereocenters. The Bertz CT molecular complexity index is 877. The van der Waals surface area contributed by atoms with Crippen LogP contribution in [0.15, 0.2) is 83.5 Å². The van der Waals surface area contributed by atoms with Crippen LogP contribution in [-0.4, -0.2) is 21.1 Å². The van der Waals surface area contributed by atoms with Crippen molar-refractivity contribution >= 4 is 11.5 Å². The van der Waals surface area contributed by atoms with Gasteiger partial charge in [-0.05, 0) is 23.3 Å². The number of hydrogen-bond acceptors (Lipinski definition) is 4. The van der Waals surface area contributed by atoms with Crippen LogP contribution in [0.1, 0.15) is 23.5 Å². The highest BCUT2D eigenvalue weighted by Crippen LogP contribution is 2.26. The van der Waals surface area contributed by atoms with Gasteiger partial charge in [0.1, 0.15) is 5.84 Å². The van der Waals surface area contributed by atoms with Gasteiger partial charge in [-0.25, -0.2) is 4.98 Å². The van der Waals surface area contributed by atoms with Crippen molar-refractivity contribution in [2.24, 2.45) is 15.9 Å². The highest BCUT2D eigenvalue weighted by molar-refractivity contribution is 6.06. The Morgan fingerprint density at radius 2 is 1.75 bits per heavy atom. The van der Waals surface area contributed by atoms with Gasteiger partial charge in [0.15, 0.2) is 0 Å². The van der Waals surface area contributed by atoms with Crippen LogP contribution in [0.25, 0.3) is 5.69 Å². The van der Waals surface area contributed by atoms with Gasteiger partial charge in [-0.1, -0.05) is 42.5 Å². The van der Waals surface area contributed by atoms with Crippen molar-refractivity contribution in [2.75, 3.05) is 0 Å². The van der Waals surface area contributed by atoms with Crippen LogP contribution < -0.4 is 5.73 Å². The monoisotopic (exact) mass is 315 g/mol. The fourth-order valence-corrected chi connectivity index (χ4v) is 2.91. The van der Waals surface area contributed by atoms with E-state index in [9.17, 15) is 0 Å². The van der Waals surface area contributed by atoms with E-state index in [1.807, 2.05) is 29.0 Å². The summed E-state index contributed by atoms with van der Waals surface area (Å²) in [6, 6.07) is 18.4. The summed E-state index contributed by atoms with van der Waals surface area (Å²) in [6.45, 7) is 0. The van der Waals surface area contributed by atoms with Gasteiger partial charge in [0.05, 0.1) is 12.0 Å². The molecule has 1 aromatic heterocycles. The Balaban J connectivity index is 1.60. The Morgan fingerprint density at radius 1 is 0.958 bits per heavy atom. The second-order valence-corrected chi connectivity index (χ2v) is 5.76. The number of hydrogen-bond donors (Lipinski definition) is 1. The largest absolute Gasteiger partial charge is 0.385 e. The lowest BCUT2D eigenvalue weighted by Crippen LogP contribution is -2.27. The smallest absolute Gasteiger partial charge is 0.130 e. The molecule has 1 aliphatic rings. The summed E-state index contributed by atoms with van der Waals surface area (Å²) >= 11 is 0. The molecule has 5 nitrogen and oxygen atoms in total. The van der Waals surface area contributed by atoms with Gasteiger partial charge in [0, 0.05) is 30.4 Å². The molecule has 0 amide bonds. The minimum atomic E-state index is 0.0759. The quantitative estimate of drug-likeness (QED) is 0.807. The van der Waals surface area contributed by atoms with Crippen LogP contribution in [0.5, 0.6) is 0 Å². The molecule has 2 aromatic carbocycles. The zero-order valence-corrected chi connectivity index (χ0v) is 13.1. The van der Waals surface area contributed by atoms with Gasteiger partial charge in [0.25, 0.3) is 0 Å². The highest BCUT2D eigenvalue weighted by atomic mass is 15.2. The zero-order chi connectivity index (χ0) is 16.4. The van der Waals surface area contributed by atoms with Crippen molar-refractivity contribution in [1.82, 2.24) is 9.55 Å². The predicted molar refractivity (Wildman–Crippen MR) is 95.5 cm³/mol. The van der Waals surface area contributed by atoms with E-state index >= 15 is 0 Å². The van der Waals surface area contributed by atoms with E-state index in [0.29, 0.717) is 5.84 Å². The molecule has 0 bridgehead atoms. The molecule has 2 N–H and O–H groups in total. The fraction of sp³-hybridized carbons (Fsp3) is 0.105. The molecular weight excluding hydrogens is 298 g/mol. The average Bonchev–Trinajstić information content (AvgIpc) is 3.18. The molecular formula is C19H17N5. The number of benzene rings is 2. The van der Waals surface area contributed by atoms with Crippen LogP contribution in [0.3, 0.4) is 0 Å². The summed E-state index contributed by atoms with van der Waals surface area (Å²) in [6.07, 6.45) is 6.22. The number of nitrogens with two attached hydrogens (primary N) is 1. The first-order valence-corrected chi connectivity index (χ1v) is 7.85. The number of amidine groups is 1. The maximum atomic E-state index is 6.07. The van der Waals surface area contributed by atoms with Crippen LogP contribution in [-0.2, 0) is 0 Å². The van der Waals surface area contributed by atoms with Crippen LogP contribution in [0.2, 0.25) is 0 Å². The summed E-state index contributed by atoms with van der Waals surface area (Å²) in [5, 5.41) is 8.49. The first-order chi connectivity index (χ1) is 11.8. The number of aromatic nitrogens is 2. The summed E-state index contributed by atoms with van der Waals surface area (Å²) in [5.74, 6) is 0.645. The first-order valence-electron chi connectivity index (χ1n) is 7.85. The number of imidazole rings is 1. The van der Waals surface area contributed by atoms with Crippen LogP contribution in [0.4, 0.5) is 0 Å². The van der Waals surface area contributed by atoms with Gasteiger partial charge in [-0.15, -0.1) is 5.10 Å². The molecule has 4 rings (SSSR count). The number of rotatable bonds is 3. The average molecular weight is 315 g/mol. The maximum absolute atomic E-state index is 6.07. The zero-order valence-electron chi connectivity index (χ0n) is 13.1. The lowest BCUT2D eigenvalue weighted by atomic mass is 9.89. The van der Waals surface area contributed by atoms with Crippen LogP contribution >= 0.6 is 0 Å². The van der Waals surface area contributed by atoms with E-state index in [0.717, 1.165) is 23.4 Å². The third kappa shape index (κ3) is 2.72. The Kier molecular flexibility index (Phi) is 3.67. The van der Waals surface area contributed by atoms with Gasteiger partial charge < -0.3 is 10.3 Å². The van der Waals surface area contributed by atoms with Crippen molar-refractivity contribution in [1.29, 1.82) is 0 Å². The van der Waals surface area contributed by atoms with Crippen molar-refractivity contribution in [3.8, 4) is 5.69 Å². The highest BCUT2D eigenvalue weighted by Gasteiger charge is 2.23. The molecule has 24 heavy (non-hydrogen) atoms. The third-order valence-electron chi connectivity index (χ3n) is 4.25. The summed E-state index contributed by atoms with van der Waals surface area (Å²) < 4.78 is 1.97. The van der Waals surface area contributed by atoms with Gasteiger partial charge in [-0.3, -0.25) is 0 Å².